The van der Waals surface area contributed by atoms with E-state index in [4.69, 9.17) is 23.2 Å². The molecule has 86 valence electrons. The van der Waals surface area contributed by atoms with Crippen LogP contribution in [0.1, 0.15) is 11.1 Å². The van der Waals surface area contributed by atoms with E-state index in [9.17, 15) is 0 Å². The SMILES string of the molecule is Sc1ccc(/C=C/c2c(Cl)cccc2Cl)cc1. The fourth-order valence-corrected chi connectivity index (χ4v) is 2.11. The summed E-state index contributed by atoms with van der Waals surface area (Å²) in [5.41, 5.74) is 1.92. The molecule has 0 bridgehead atoms. The highest BCUT2D eigenvalue weighted by Gasteiger charge is 2.00. The number of thiol groups is 1. The fraction of sp³-hybridized carbons (Fsp3) is 0. The number of hydrogen-bond donors (Lipinski definition) is 1. The molecular formula is C14H10Cl2S. The zero-order chi connectivity index (χ0) is 12.3. The first-order valence-electron chi connectivity index (χ1n) is 5.08. The van der Waals surface area contributed by atoms with Gasteiger partial charge in [0.1, 0.15) is 0 Å². The Morgan fingerprint density at radius 3 is 2.00 bits per heavy atom. The van der Waals surface area contributed by atoms with Crippen LogP contribution in [0.3, 0.4) is 0 Å². The van der Waals surface area contributed by atoms with Crippen LogP contribution in [0.25, 0.3) is 12.2 Å². The summed E-state index contributed by atoms with van der Waals surface area (Å²) in [7, 11) is 0. The predicted molar refractivity (Wildman–Crippen MR) is 79.1 cm³/mol. The lowest BCUT2D eigenvalue weighted by Crippen LogP contribution is -1.77. The predicted octanol–water partition coefficient (Wildman–Crippen LogP) is 5.45. The molecule has 0 heterocycles. The van der Waals surface area contributed by atoms with E-state index >= 15 is 0 Å². The molecule has 2 aromatic carbocycles. The quantitative estimate of drug-likeness (QED) is 0.549. The minimum atomic E-state index is 0.652. The maximum Gasteiger partial charge on any atom is 0.0493 e. The Hall–Kier alpha value is -0.890. The molecule has 0 aromatic heterocycles. The molecule has 0 atom stereocenters. The Morgan fingerprint density at radius 2 is 1.41 bits per heavy atom. The standard InChI is InChI=1S/C14H10Cl2S/c15-13-2-1-3-14(16)12(13)9-6-10-4-7-11(17)8-5-10/h1-9,17H/b9-6+. The molecular weight excluding hydrogens is 271 g/mol. The molecule has 0 saturated carbocycles. The lowest BCUT2D eigenvalue weighted by molar-refractivity contribution is 1.46. The van der Waals surface area contributed by atoms with Crippen LogP contribution in [0.15, 0.2) is 47.4 Å². The number of rotatable bonds is 2. The summed E-state index contributed by atoms with van der Waals surface area (Å²) in [6.45, 7) is 0. The van der Waals surface area contributed by atoms with Gasteiger partial charge in [-0.3, -0.25) is 0 Å². The van der Waals surface area contributed by atoms with E-state index in [-0.39, 0.29) is 0 Å². The Morgan fingerprint density at radius 1 is 0.824 bits per heavy atom. The molecule has 2 aromatic rings. The Balaban J connectivity index is 2.29. The van der Waals surface area contributed by atoms with E-state index in [1.165, 1.54) is 0 Å². The average Bonchev–Trinajstić information content (AvgIpc) is 2.31. The molecule has 0 aliphatic heterocycles. The van der Waals surface area contributed by atoms with Gasteiger partial charge in [0.05, 0.1) is 0 Å². The van der Waals surface area contributed by atoms with Crippen molar-refractivity contribution in [1.82, 2.24) is 0 Å². The summed E-state index contributed by atoms with van der Waals surface area (Å²) >= 11 is 16.4. The molecule has 0 radical (unpaired) electrons. The third-order valence-corrected chi connectivity index (χ3v) is 3.29. The van der Waals surface area contributed by atoms with E-state index in [1.54, 1.807) is 0 Å². The van der Waals surface area contributed by atoms with Crippen LogP contribution in [0.4, 0.5) is 0 Å². The molecule has 2 rings (SSSR count). The molecule has 3 heteroatoms. The van der Waals surface area contributed by atoms with Crippen molar-refractivity contribution >= 4 is 48.0 Å². The van der Waals surface area contributed by atoms with Crippen LogP contribution < -0.4 is 0 Å². The highest BCUT2D eigenvalue weighted by Crippen LogP contribution is 2.26. The van der Waals surface area contributed by atoms with Gasteiger partial charge in [-0.25, -0.2) is 0 Å². The molecule has 0 unspecified atom stereocenters. The van der Waals surface area contributed by atoms with Crippen molar-refractivity contribution in [3.05, 3.63) is 63.6 Å². The van der Waals surface area contributed by atoms with Gasteiger partial charge in [-0.05, 0) is 29.8 Å². The van der Waals surface area contributed by atoms with Gasteiger partial charge in [-0.15, -0.1) is 12.6 Å². The maximum atomic E-state index is 6.07. The lowest BCUT2D eigenvalue weighted by Gasteiger charge is -2.01. The summed E-state index contributed by atoms with van der Waals surface area (Å²) in [5.74, 6) is 0. The van der Waals surface area contributed by atoms with Crippen molar-refractivity contribution in [2.24, 2.45) is 0 Å². The maximum absolute atomic E-state index is 6.07. The van der Waals surface area contributed by atoms with Crippen LogP contribution >= 0.6 is 35.8 Å². The molecule has 0 spiro atoms. The van der Waals surface area contributed by atoms with Crippen molar-refractivity contribution in [1.29, 1.82) is 0 Å². The monoisotopic (exact) mass is 280 g/mol. The fourth-order valence-electron chi connectivity index (χ4n) is 1.43. The summed E-state index contributed by atoms with van der Waals surface area (Å²) < 4.78 is 0. The average molecular weight is 281 g/mol. The second-order valence-electron chi connectivity index (χ2n) is 3.56. The summed E-state index contributed by atoms with van der Waals surface area (Å²) in [4.78, 5) is 0.943. The highest BCUT2D eigenvalue weighted by molar-refractivity contribution is 7.80. The van der Waals surface area contributed by atoms with Crippen molar-refractivity contribution < 1.29 is 0 Å². The Labute approximate surface area is 116 Å². The van der Waals surface area contributed by atoms with Gasteiger partial charge in [0, 0.05) is 20.5 Å². The first kappa shape index (κ1) is 12.6. The van der Waals surface area contributed by atoms with Crippen molar-refractivity contribution in [3.8, 4) is 0 Å². The molecule has 0 aliphatic carbocycles. The number of halogens is 2. The van der Waals surface area contributed by atoms with Crippen LogP contribution in [0.2, 0.25) is 10.0 Å². The highest BCUT2D eigenvalue weighted by atomic mass is 35.5. The second kappa shape index (κ2) is 5.63. The van der Waals surface area contributed by atoms with Crippen molar-refractivity contribution in [3.63, 3.8) is 0 Å². The van der Waals surface area contributed by atoms with Crippen LogP contribution in [0, 0.1) is 0 Å². The van der Waals surface area contributed by atoms with Crippen LogP contribution in [0.5, 0.6) is 0 Å². The van der Waals surface area contributed by atoms with Gasteiger partial charge in [-0.2, -0.15) is 0 Å². The Bertz CT molecular complexity index is 524. The number of hydrogen-bond acceptors (Lipinski definition) is 1. The zero-order valence-electron chi connectivity index (χ0n) is 8.90. The van der Waals surface area contributed by atoms with Gasteiger partial charge < -0.3 is 0 Å². The van der Waals surface area contributed by atoms with Crippen LogP contribution in [-0.4, -0.2) is 0 Å². The largest absolute Gasteiger partial charge is 0.143 e. The Kier molecular flexibility index (Phi) is 4.16. The summed E-state index contributed by atoms with van der Waals surface area (Å²) in [6.07, 6.45) is 3.89. The normalized spacial score (nSPS) is 11.0. The molecule has 0 fully saturated rings. The molecule has 0 aliphatic rings. The summed E-state index contributed by atoms with van der Waals surface area (Å²) in [5, 5.41) is 1.30. The molecule has 0 amide bonds. The molecule has 0 nitrogen and oxygen atoms in total. The van der Waals surface area contributed by atoms with Gasteiger partial charge >= 0.3 is 0 Å². The van der Waals surface area contributed by atoms with Gasteiger partial charge in [0.2, 0.25) is 0 Å². The first-order valence-corrected chi connectivity index (χ1v) is 6.28. The van der Waals surface area contributed by atoms with Crippen LogP contribution in [-0.2, 0) is 0 Å². The van der Waals surface area contributed by atoms with Gasteiger partial charge in [-0.1, -0.05) is 53.6 Å². The molecule has 0 saturated heterocycles. The van der Waals surface area contributed by atoms with Crippen molar-refractivity contribution in [2.75, 3.05) is 0 Å². The number of benzene rings is 2. The molecule has 0 N–H and O–H groups in total. The minimum absolute atomic E-state index is 0.652. The lowest BCUT2D eigenvalue weighted by atomic mass is 10.1. The first-order chi connectivity index (χ1) is 8.16. The minimum Gasteiger partial charge on any atom is -0.143 e. The smallest absolute Gasteiger partial charge is 0.0493 e. The third-order valence-electron chi connectivity index (χ3n) is 2.34. The summed E-state index contributed by atoms with van der Waals surface area (Å²) in [6, 6.07) is 13.3. The van der Waals surface area contributed by atoms with Gasteiger partial charge in [0.25, 0.3) is 0 Å². The van der Waals surface area contributed by atoms with Gasteiger partial charge in [0.15, 0.2) is 0 Å². The van der Waals surface area contributed by atoms with E-state index < -0.39 is 0 Å². The zero-order valence-corrected chi connectivity index (χ0v) is 11.3. The topological polar surface area (TPSA) is 0 Å². The van der Waals surface area contributed by atoms with E-state index in [0.717, 1.165) is 16.0 Å². The van der Waals surface area contributed by atoms with E-state index in [2.05, 4.69) is 12.6 Å². The third kappa shape index (κ3) is 3.29. The van der Waals surface area contributed by atoms with E-state index in [0.29, 0.717) is 10.0 Å². The van der Waals surface area contributed by atoms with E-state index in [1.807, 2.05) is 54.6 Å². The second-order valence-corrected chi connectivity index (χ2v) is 4.89. The van der Waals surface area contributed by atoms with Crippen molar-refractivity contribution in [2.45, 2.75) is 4.90 Å². The molecule has 17 heavy (non-hydrogen) atoms.